The van der Waals surface area contributed by atoms with E-state index in [1.165, 1.54) is 90.9 Å². The molecule has 7 unspecified atom stereocenters. The topological polar surface area (TPSA) is 408 Å². The van der Waals surface area contributed by atoms with Gasteiger partial charge in [0.05, 0.1) is 72.2 Å². The fourth-order valence-electron chi connectivity index (χ4n) is 10.3. The van der Waals surface area contributed by atoms with Gasteiger partial charge in [0.15, 0.2) is 0 Å². The second-order valence-electron chi connectivity index (χ2n) is 30.9. The van der Waals surface area contributed by atoms with Gasteiger partial charge in [0.25, 0.3) is 29.1 Å². The van der Waals surface area contributed by atoms with Crippen molar-refractivity contribution in [1.82, 2.24) is 36.0 Å². The fourth-order valence-corrected chi connectivity index (χ4v) is 10.3. The molecular formula is C111H155N10O18W7-7. The predicted octanol–water partition coefficient (Wildman–Crippen LogP) is 19.4. The third-order valence-electron chi connectivity index (χ3n) is 17.4. The van der Waals surface area contributed by atoms with Gasteiger partial charge in [-0.25, -0.2) is 0 Å². The Bertz CT molecular complexity index is 4780. The first-order valence-corrected chi connectivity index (χ1v) is 45.5. The van der Waals surface area contributed by atoms with Gasteiger partial charge >= 0.3 is 0 Å². The maximum atomic E-state index is 12.1. The largest absolute Gasteiger partial charge is 0.387 e. The Morgan fingerprint density at radius 1 is 0.267 bits per heavy atom. The number of likely N-dealkylation sites (N-methyl/N-ethyl adjacent to an activating group) is 3. The summed E-state index contributed by atoms with van der Waals surface area (Å²) in [6.45, 7) is 35.2. The summed E-state index contributed by atoms with van der Waals surface area (Å²) < 4.78 is 0. The number of non-ortho nitro benzene ring substituents is 2. The Morgan fingerprint density at radius 2 is 0.452 bits per heavy atom. The van der Waals surface area contributed by atoms with Crippen molar-refractivity contribution in [3.63, 3.8) is 0 Å². The van der Waals surface area contributed by atoms with E-state index in [2.05, 4.69) is 21.3 Å². The number of carbonyl (C=O) groups excluding carboxylic acids is 7. The Hall–Kier alpha value is -8.37. The average Bonchev–Trinajstić information content (AvgIpc) is 0.857. The van der Waals surface area contributed by atoms with Crippen LogP contribution in [0.4, 0.5) is 17.1 Å². The molecule has 35 heteroatoms. The van der Waals surface area contributed by atoms with Crippen LogP contribution in [0.3, 0.4) is 0 Å². The summed E-state index contributed by atoms with van der Waals surface area (Å²) in [7, 11) is 8.85. The van der Waals surface area contributed by atoms with Crippen molar-refractivity contribution in [3.05, 3.63) is 406 Å². The number of amides is 7. The zero-order valence-corrected chi connectivity index (χ0v) is 109. The average molecular weight is 3200 g/mol. The quantitative estimate of drug-likeness (QED) is 0.0129. The number of hydrogen-bond acceptors (Lipinski definition) is 19. The number of hydrogen-bond donors (Lipinski definition) is 11. The third kappa shape index (κ3) is 81.5. The molecule has 0 aliphatic carbocycles. The van der Waals surface area contributed by atoms with Gasteiger partial charge in [0.1, 0.15) is 0 Å². The van der Waals surface area contributed by atoms with Gasteiger partial charge in [-0.2, -0.15) is 96.9 Å². The minimum atomic E-state index is -0.857. The van der Waals surface area contributed by atoms with Gasteiger partial charge in [0.2, 0.25) is 23.6 Å². The summed E-state index contributed by atoms with van der Waals surface area (Å²) in [6.07, 6.45) is 9.03. The van der Waals surface area contributed by atoms with Crippen LogP contribution in [0.1, 0.15) is 237 Å². The molecule has 0 saturated heterocycles. The summed E-state index contributed by atoms with van der Waals surface area (Å²) in [4.78, 5) is 105. The minimum Gasteiger partial charge on any atom is -0.387 e. The van der Waals surface area contributed by atoms with Gasteiger partial charge in [-0.1, -0.05) is 188 Å². The van der Waals surface area contributed by atoms with Crippen molar-refractivity contribution in [3.8, 4) is 0 Å². The Labute approximate surface area is 971 Å². The van der Waals surface area contributed by atoms with Crippen molar-refractivity contribution in [2.24, 2.45) is 0 Å². The second-order valence-corrected chi connectivity index (χ2v) is 30.9. The monoisotopic (exact) mass is 3200 g/mol. The van der Waals surface area contributed by atoms with Crippen LogP contribution in [-0.2, 0) is 167 Å². The second kappa shape index (κ2) is 104. The third-order valence-corrected chi connectivity index (χ3v) is 17.4. The van der Waals surface area contributed by atoms with Gasteiger partial charge in [-0.15, -0.1) is 0 Å². The Kier molecular flexibility index (Phi) is 114. The zero-order chi connectivity index (χ0) is 106. The summed E-state index contributed by atoms with van der Waals surface area (Å²) in [5.74, 6) is -1.00. The molecule has 0 aromatic heterocycles. The molecule has 10 rings (SSSR count). The van der Waals surface area contributed by atoms with E-state index in [4.69, 9.17) is 0 Å². The molecule has 28 nitrogen and oxygen atoms in total. The molecule has 10 aromatic carbocycles. The summed E-state index contributed by atoms with van der Waals surface area (Å²) in [6, 6.07) is 83.0. The first-order valence-electron chi connectivity index (χ1n) is 45.5. The van der Waals surface area contributed by atoms with Gasteiger partial charge in [-0.3, -0.25) is 53.8 Å². The van der Waals surface area contributed by atoms with Crippen molar-refractivity contribution in [2.45, 2.75) is 167 Å². The fraction of sp³-hybridized carbons (Fsp3) is 0.333. The summed E-state index contributed by atoms with van der Waals surface area (Å²) >= 11 is 0. The van der Waals surface area contributed by atoms with E-state index >= 15 is 0 Å². The molecule has 0 saturated carbocycles. The summed E-state index contributed by atoms with van der Waals surface area (Å²) in [5, 5.41) is 100. The molecule has 0 bridgehead atoms. The Morgan fingerprint density at radius 3 is 0.664 bits per heavy atom. The molecular weight excluding hydrogens is 3050 g/mol. The molecule has 0 aliphatic heterocycles. The van der Waals surface area contributed by atoms with E-state index in [-0.39, 0.29) is 239 Å². The zero-order valence-electron chi connectivity index (χ0n) is 88.3. The number of aliphatic hydroxyl groups is 7. The molecule has 806 valence electrons. The number of benzene rings is 10. The van der Waals surface area contributed by atoms with Crippen molar-refractivity contribution < 1.29 is 227 Å². The number of rotatable bonds is 27. The van der Waals surface area contributed by atoms with Crippen molar-refractivity contribution >= 4 is 58.4 Å². The molecule has 0 aliphatic rings. The van der Waals surface area contributed by atoms with Crippen LogP contribution >= 0.6 is 0 Å². The van der Waals surface area contributed by atoms with E-state index in [1.807, 2.05) is 361 Å². The molecule has 11 N–H and O–H groups in total. The van der Waals surface area contributed by atoms with Crippen LogP contribution in [0.25, 0.3) is 0 Å². The number of nitro benzene ring substituents is 2. The molecule has 146 heavy (non-hydrogen) atoms. The van der Waals surface area contributed by atoms with Crippen LogP contribution in [0.15, 0.2) is 285 Å². The van der Waals surface area contributed by atoms with Gasteiger partial charge < -0.3 is 122 Å². The molecule has 7 atom stereocenters. The maximum Gasteiger partial charge on any atom is 0.269 e. The number of anilines is 1. The van der Waals surface area contributed by atoms with Crippen LogP contribution in [0.5, 0.6) is 0 Å². The van der Waals surface area contributed by atoms with Crippen LogP contribution in [0, 0.1) is 65.2 Å². The number of carbonyl (C=O) groups is 7. The normalized spacial score (nSPS) is 10.5. The number of nitro groups is 2. The van der Waals surface area contributed by atoms with E-state index in [0.29, 0.717) is 34.4 Å². The molecule has 0 radical (unpaired) electrons. The van der Waals surface area contributed by atoms with Crippen LogP contribution in [-0.4, -0.2) is 183 Å². The van der Waals surface area contributed by atoms with E-state index in [1.54, 1.807) is 57.5 Å². The number of nitrogens with zero attached hydrogens (tertiary/aromatic N) is 6. The first kappa shape index (κ1) is 160. The van der Waals surface area contributed by atoms with Gasteiger partial charge in [0, 0.05) is 283 Å². The molecule has 10 aromatic rings. The molecule has 0 spiro atoms. The maximum absolute atomic E-state index is 12.1. The summed E-state index contributed by atoms with van der Waals surface area (Å²) in [5.41, 5.74) is 7.91. The van der Waals surface area contributed by atoms with Crippen molar-refractivity contribution in [1.29, 1.82) is 0 Å². The number of aliphatic hydroxyl groups excluding tert-OH is 7. The molecule has 0 fully saturated rings. The standard InChI is InChI=1S/C17H20N2O2.C16H17NO2.C15H15NO2.C11H14N2O4.C11H15NO2.C10H12N2O4.C10H13NO2.7C3H7.7W/c1-19(2)15-10-8-14(9-11-15)17(21)18-12-16(20)13-6-4-3-5-7-13;1-17(16(19)14-10-6-3-7-11-14)12-15(18)13-8-4-2-5-9-13;17-14(12-7-3-1-4-8-12)11-16-15(18)13-9-5-2-6-10-13;1-8(14)12(2)7-11(15)9-3-5-10(6-4-9)13(16)17;1-9(13)12(2)8-11(14)10-6-4-3-5-7-10;1-7(13)11-6-10(14)8-2-4-9(5-3-8)12(15)16;1-8(12)11-7-10(13)9-5-3-2-4-6-9;7*1-3-2;;;;;;;/h3-11,16,20H,12H2,1-2H3,(H,18,21);2-11,15,18H,12H2,1H3;1-10,14,17H,11H2,(H,16,18);3-6,11,15H,7H2,1-2H3;3-7,11,14H,8H2,1-2H3;2-5,10,14H,6H2,1H3,(H,11,13);2-6,10,13H,7H2,1H3,(H,11,12);7*3H,1-2H3;;;;;;;/q;;;;;;;7*-1;;;;;;;. The predicted molar refractivity (Wildman–Crippen MR) is 562 cm³/mol. The first-order chi connectivity index (χ1) is 66.2. The SMILES string of the molecule is CC(=O)N(C)CC(O)c1ccc([N+](=O)[O-])cc1.CC(=O)N(C)CC(O)c1ccccc1.CC(=O)NCC(O)c1ccc([N+](=O)[O-])cc1.CC(=O)NCC(O)c1ccccc1.CN(C)c1ccc(C(=O)NCC(O)c2ccccc2)cc1.CN(CC(O)c1ccccc1)C(=O)c1ccccc1.C[CH-]C.C[CH-]C.C[CH-]C.C[CH-]C.C[CH-]C.C[CH-]C.C[CH-]C.O=C(NCC(O)c1ccccc1)c1ccccc1.[W].[W].[W].[W].[W].[W].[W]. The number of nitrogens with one attached hydrogen (secondary N) is 4. The van der Waals surface area contributed by atoms with Crippen LogP contribution in [0.2, 0.25) is 0 Å². The van der Waals surface area contributed by atoms with E-state index in [9.17, 15) is 89.5 Å². The van der Waals surface area contributed by atoms with Crippen molar-refractivity contribution in [2.75, 3.05) is 86.0 Å². The van der Waals surface area contributed by atoms with Crippen LogP contribution < -0.4 is 26.2 Å². The van der Waals surface area contributed by atoms with E-state index in [0.717, 1.165) is 33.5 Å². The van der Waals surface area contributed by atoms with Gasteiger partial charge in [-0.05, 0) is 112 Å². The molecule has 7 amide bonds. The smallest absolute Gasteiger partial charge is 0.269 e. The minimum absolute atomic E-state index is 0. The van der Waals surface area contributed by atoms with E-state index < -0.39 is 52.6 Å². The Balaban J connectivity index is -0.000000156. The molecule has 0 heterocycles.